The van der Waals surface area contributed by atoms with Crippen LogP contribution in [0.25, 0.3) is 0 Å². The second kappa shape index (κ2) is 11.8. The summed E-state index contributed by atoms with van der Waals surface area (Å²) in [6, 6.07) is 22.9. The van der Waals surface area contributed by atoms with Crippen LogP contribution in [0.5, 0.6) is 11.5 Å². The van der Waals surface area contributed by atoms with Gasteiger partial charge in [-0.3, -0.25) is 9.69 Å². The van der Waals surface area contributed by atoms with Crippen LogP contribution in [0.1, 0.15) is 62.3 Å². The van der Waals surface area contributed by atoms with Gasteiger partial charge >= 0.3 is 5.97 Å². The van der Waals surface area contributed by atoms with Crippen LogP contribution < -0.4 is 9.47 Å². The number of ether oxygens (including phenoxy) is 2. The first-order valence-electron chi connectivity index (χ1n) is 16.6. The average Bonchev–Trinajstić information content (AvgIpc) is 3.37. The highest BCUT2D eigenvalue weighted by molar-refractivity contribution is 7.88. The minimum absolute atomic E-state index is 0.0822. The number of sulfonamides is 1. The second-order valence-corrected chi connectivity index (χ2v) is 15.9. The molecule has 2 heterocycles. The van der Waals surface area contributed by atoms with E-state index in [1.807, 2.05) is 56.3 Å². The zero-order valence-corrected chi connectivity index (χ0v) is 27.7. The predicted molar refractivity (Wildman–Crippen MR) is 176 cm³/mol. The molecule has 3 aromatic rings. The average molecular weight is 645 g/mol. The third kappa shape index (κ3) is 5.07. The molecular weight excluding hydrogens is 600 g/mol. The topological polar surface area (TPSA) is 96.4 Å². The summed E-state index contributed by atoms with van der Waals surface area (Å²) in [5.41, 5.74) is 2.02. The zero-order valence-electron chi connectivity index (χ0n) is 26.9. The summed E-state index contributed by atoms with van der Waals surface area (Å²) in [4.78, 5) is 14.6. The molecule has 0 unspecified atom stereocenters. The Labute approximate surface area is 272 Å². The SMILES string of the molecule is CC(=O)Oc1ccc2c3c1O[C@H]1[C@@H](N(CC(C)C)S(=O)(=O)Cc4ccccc4)CC[C@@]4(O)[C@@H](C2)N(CCc2ccccc2)CC[C@]314. The second-order valence-electron chi connectivity index (χ2n) is 14.0. The largest absolute Gasteiger partial charge is 0.483 e. The highest BCUT2D eigenvalue weighted by Crippen LogP contribution is 2.66. The molecule has 1 N–H and O–H groups in total. The first-order chi connectivity index (χ1) is 22.0. The lowest BCUT2D eigenvalue weighted by molar-refractivity contribution is -0.196. The zero-order chi connectivity index (χ0) is 32.3. The molecule has 2 bridgehead atoms. The minimum Gasteiger partial charge on any atom is -0.483 e. The number of hydrogen-bond acceptors (Lipinski definition) is 7. The quantitative estimate of drug-likeness (QED) is 0.249. The molecule has 5 atom stereocenters. The lowest BCUT2D eigenvalue weighted by Crippen LogP contribution is -2.78. The van der Waals surface area contributed by atoms with E-state index in [0.29, 0.717) is 43.7 Å². The lowest BCUT2D eigenvalue weighted by atomic mass is 9.48. The van der Waals surface area contributed by atoms with Crippen molar-refractivity contribution in [2.45, 2.75) is 87.8 Å². The summed E-state index contributed by atoms with van der Waals surface area (Å²) in [6.07, 6.45) is 2.45. The van der Waals surface area contributed by atoms with E-state index in [1.165, 1.54) is 12.5 Å². The molecule has 2 fully saturated rings. The highest BCUT2D eigenvalue weighted by atomic mass is 32.2. The molecule has 1 saturated heterocycles. The number of likely N-dealkylation sites (tertiary alicyclic amines) is 1. The third-order valence-corrected chi connectivity index (χ3v) is 12.6. The first kappa shape index (κ1) is 31.4. The van der Waals surface area contributed by atoms with Gasteiger partial charge in [-0.2, -0.15) is 4.31 Å². The van der Waals surface area contributed by atoms with Crippen LogP contribution >= 0.6 is 0 Å². The Hall–Kier alpha value is -3.24. The maximum Gasteiger partial charge on any atom is 0.308 e. The predicted octanol–water partition coefficient (Wildman–Crippen LogP) is 4.87. The van der Waals surface area contributed by atoms with Gasteiger partial charge in [-0.05, 0) is 67.3 Å². The van der Waals surface area contributed by atoms with Crippen molar-refractivity contribution in [2.75, 3.05) is 19.6 Å². The molecule has 3 aromatic carbocycles. The molecule has 2 aliphatic heterocycles. The van der Waals surface area contributed by atoms with E-state index in [1.54, 1.807) is 10.4 Å². The van der Waals surface area contributed by atoms with E-state index >= 15 is 0 Å². The number of aliphatic hydroxyl groups is 1. The van der Waals surface area contributed by atoms with Gasteiger partial charge < -0.3 is 14.6 Å². The fraction of sp³-hybridized carbons (Fsp3) is 0.486. The first-order valence-corrected chi connectivity index (χ1v) is 18.2. The normalized spacial score (nSPS) is 28.2. The molecule has 7 rings (SSSR count). The maximum absolute atomic E-state index is 14.3. The van der Waals surface area contributed by atoms with Gasteiger partial charge in [0.1, 0.15) is 6.10 Å². The number of carbonyl (C=O) groups excluding carboxylic acids is 1. The number of hydrogen-bond donors (Lipinski definition) is 1. The third-order valence-electron chi connectivity index (χ3n) is 10.8. The number of piperidine rings is 1. The molecule has 8 nitrogen and oxygen atoms in total. The van der Waals surface area contributed by atoms with E-state index in [4.69, 9.17) is 9.47 Å². The van der Waals surface area contributed by atoms with Gasteiger partial charge in [0.25, 0.3) is 0 Å². The number of rotatable bonds is 10. The Bertz CT molecular complexity index is 1710. The molecule has 9 heteroatoms. The van der Waals surface area contributed by atoms with Crippen molar-refractivity contribution < 1.29 is 27.8 Å². The summed E-state index contributed by atoms with van der Waals surface area (Å²) < 4.78 is 42.9. The van der Waals surface area contributed by atoms with E-state index < -0.39 is 39.2 Å². The summed E-state index contributed by atoms with van der Waals surface area (Å²) in [5, 5.41) is 13.1. The fourth-order valence-corrected chi connectivity index (χ4v) is 10.9. The van der Waals surface area contributed by atoms with Crippen molar-refractivity contribution >= 4 is 16.0 Å². The molecule has 0 radical (unpaired) electrons. The van der Waals surface area contributed by atoms with Crippen LogP contribution in [0.4, 0.5) is 0 Å². The number of nitrogens with zero attached hydrogens (tertiary/aromatic N) is 2. The lowest BCUT2D eigenvalue weighted by Gasteiger charge is -2.64. The van der Waals surface area contributed by atoms with E-state index in [0.717, 1.165) is 36.2 Å². The van der Waals surface area contributed by atoms with Crippen LogP contribution in [0.15, 0.2) is 72.8 Å². The Morgan fingerprint density at radius 3 is 2.41 bits per heavy atom. The van der Waals surface area contributed by atoms with Gasteiger partial charge in [-0.15, -0.1) is 0 Å². The van der Waals surface area contributed by atoms with Crippen LogP contribution in [0, 0.1) is 5.92 Å². The molecule has 1 spiro atoms. The van der Waals surface area contributed by atoms with Crippen molar-refractivity contribution in [2.24, 2.45) is 5.92 Å². The minimum atomic E-state index is -3.76. The molecule has 46 heavy (non-hydrogen) atoms. The molecule has 1 saturated carbocycles. The molecule has 4 aliphatic rings. The standard InChI is InChI=1S/C37H44N2O6S/c1-25(2)23-39(46(42,43)24-28-12-8-5-9-13-28)30-16-18-37(41)32-22-29-14-15-31(44-26(3)40)34-33(29)36(37,35(30)45-34)19-21-38(32)20-17-27-10-6-4-7-11-27/h4-15,25,30,32,35,41H,16-24H2,1-3H3/t30-,32+,35-,36-,37+/m0/s1. The van der Waals surface area contributed by atoms with Gasteiger partial charge in [-0.1, -0.05) is 80.6 Å². The van der Waals surface area contributed by atoms with Gasteiger partial charge in [-0.25, -0.2) is 8.42 Å². The molecule has 0 amide bonds. The smallest absolute Gasteiger partial charge is 0.308 e. The fourth-order valence-electron chi connectivity index (χ4n) is 8.99. The Kier molecular flexibility index (Phi) is 8.03. The molecule has 244 valence electrons. The number of benzene rings is 3. The van der Waals surface area contributed by atoms with E-state index in [-0.39, 0.29) is 17.7 Å². The van der Waals surface area contributed by atoms with Crippen molar-refractivity contribution in [1.29, 1.82) is 0 Å². The monoisotopic (exact) mass is 644 g/mol. The highest BCUT2D eigenvalue weighted by Gasteiger charge is 2.73. The van der Waals surface area contributed by atoms with Crippen LogP contribution in [0.3, 0.4) is 0 Å². The maximum atomic E-state index is 14.3. The van der Waals surface area contributed by atoms with Crippen LogP contribution in [-0.4, -0.2) is 72.1 Å². The van der Waals surface area contributed by atoms with Crippen LogP contribution in [-0.2, 0) is 38.8 Å². The van der Waals surface area contributed by atoms with Crippen molar-refractivity contribution in [1.82, 2.24) is 9.21 Å². The van der Waals surface area contributed by atoms with Gasteiger partial charge in [0, 0.05) is 31.6 Å². The summed E-state index contributed by atoms with van der Waals surface area (Å²) >= 11 is 0. The summed E-state index contributed by atoms with van der Waals surface area (Å²) in [5.74, 6) is 0.357. The Morgan fingerprint density at radius 2 is 1.74 bits per heavy atom. The molecule has 0 aromatic heterocycles. The summed E-state index contributed by atoms with van der Waals surface area (Å²) in [7, 11) is -3.76. The van der Waals surface area contributed by atoms with Gasteiger partial charge in [0.2, 0.25) is 10.0 Å². The van der Waals surface area contributed by atoms with Crippen molar-refractivity contribution in [3.8, 4) is 11.5 Å². The number of carbonyl (C=O) groups is 1. The Balaban J connectivity index is 1.31. The summed E-state index contributed by atoms with van der Waals surface area (Å²) in [6.45, 7) is 7.36. The molecular formula is C37H44N2O6S. The molecule has 2 aliphatic carbocycles. The van der Waals surface area contributed by atoms with Crippen LogP contribution in [0.2, 0.25) is 0 Å². The van der Waals surface area contributed by atoms with E-state index in [9.17, 15) is 18.3 Å². The van der Waals surface area contributed by atoms with Gasteiger partial charge in [0.15, 0.2) is 11.5 Å². The van der Waals surface area contributed by atoms with E-state index in [2.05, 4.69) is 29.2 Å². The van der Waals surface area contributed by atoms with Crippen molar-refractivity contribution in [3.05, 3.63) is 95.1 Å². The van der Waals surface area contributed by atoms with Crippen molar-refractivity contribution in [3.63, 3.8) is 0 Å². The van der Waals surface area contributed by atoms with Gasteiger partial charge in [0.05, 0.1) is 22.8 Å². The Morgan fingerprint density at radius 1 is 1.04 bits per heavy atom. The number of esters is 1.